The summed E-state index contributed by atoms with van der Waals surface area (Å²) in [6, 6.07) is 11.6. The number of nitrogens with zero attached hydrogens (tertiary/aromatic N) is 6. The van der Waals surface area contributed by atoms with Gasteiger partial charge in [-0.15, -0.1) is 10.2 Å². The standard InChI is InChI=1S/C25H27N7O6S/c1-6-38-23(18-14-26-15(2)13-27-18)16(3)39(34,35)31-25-30-29-24(17-9-7-12-21(28-17)37-5)32(25)22-19(33)10-8-11-20(22)36-4/h8,10-14,16,23,33H,6H2,1-5H3,(H,30,31)/t16-,23-/m1/s1. The minimum Gasteiger partial charge on any atom is -0.506 e. The van der Waals surface area contributed by atoms with Crippen molar-refractivity contribution in [3.63, 3.8) is 0 Å². The van der Waals surface area contributed by atoms with Gasteiger partial charge in [0.2, 0.25) is 21.9 Å². The van der Waals surface area contributed by atoms with Crippen LogP contribution in [0.1, 0.15) is 31.3 Å². The number of methoxy groups -OCH3 is 2. The van der Waals surface area contributed by atoms with E-state index in [1.54, 1.807) is 26.0 Å². The number of benzene rings is 1. The first-order valence-corrected chi connectivity index (χ1v) is 13.3. The number of phenols is 1. The molecule has 0 amide bonds. The molecule has 4 aromatic rings. The van der Waals surface area contributed by atoms with Crippen LogP contribution in [0.4, 0.5) is 5.95 Å². The molecule has 0 saturated heterocycles. The van der Waals surface area contributed by atoms with Crippen LogP contribution in [0.25, 0.3) is 17.2 Å². The van der Waals surface area contributed by atoms with Crippen LogP contribution in [0.3, 0.4) is 0 Å². The smallest absolute Gasteiger partial charge is 0.243 e. The number of aromatic nitrogens is 6. The van der Waals surface area contributed by atoms with Crippen LogP contribution in [0.15, 0.2) is 36.7 Å². The van der Waals surface area contributed by atoms with Crippen LogP contribution >= 0.6 is 0 Å². The molecule has 0 radical (unpaired) electrons. The van der Waals surface area contributed by atoms with Crippen molar-refractivity contribution in [3.8, 4) is 34.6 Å². The van der Waals surface area contributed by atoms with Crippen molar-refractivity contribution in [1.82, 2.24) is 29.7 Å². The van der Waals surface area contributed by atoms with Crippen molar-refractivity contribution in [1.29, 1.82) is 0 Å². The second kappa shape index (κ2) is 11.5. The summed E-state index contributed by atoms with van der Waals surface area (Å²) in [5.74, 6) is 0.0227. The topological polar surface area (TPSA) is 163 Å². The lowest BCUT2D eigenvalue weighted by atomic mass is 10.2. The fourth-order valence-electron chi connectivity index (χ4n) is 3.74. The molecule has 3 aromatic heterocycles. The van der Waals surface area contributed by atoms with Crippen molar-refractivity contribution < 1.29 is 27.7 Å². The summed E-state index contributed by atoms with van der Waals surface area (Å²) in [7, 11) is -1.34. The average Bonchev–Trinajstić information content (AvgIpc) is 3.33. The molecule has 1 aromatic carbocycles. The van der Waals surface area contributed by atoms with E-state index in [0.29, 0.717) is 11.4 Å². The number of aryl methyl sites for hydroxylation is 1. The quantitative estimate of drug-likeness (QED) is 0.281. The van der Waals surface area contributed by atoms with Crippen molar-refractivity contribution in [2.45, 2.75) is 32.1 Å². The molecule has 14 heteroatoms. The third-order valence-electron chi connectivity index (χ3n) is 5.70. The Kier molecular flexibility index (Phi) is 8.12. The van der Waals surface area contributed by atoms with Crippen LogP contribution in [-0.4, -0.2) is 69.3 Å². The second-order valence-corrected chi connectivity index (χ2v) is 10.3. The van der Waals surface area contributed by atoms with Crippen LogP contribution in [0, 0.1) is 19.1 Å². The van der Waals surface area contributed by atoms with E-state index >= 15 is 0 Å². The maximum atomic E-state index is 13.7. The average molecular weight is 554 g/mol. The maximum absolute atomic E-state index is 13.7. The monoisotopic (exact) mass is 553 g/mol. The fourth-order valence-corrected chi connectivity index (χ4v) is 4.85. The van der Waals surface area contributed by atoms with Gasteiger partial charge in [-0.3, -0.25) is 19.3 Å². The van der Waals surface area contributed by atoms with E-state index < -0.39 is 21.4 Å². The fraction of sp³-hybridized carbons (Fsp3) is 0.320. The highest BCUT2D eigenvalue weighted by Gasteiger charge is 2.35. The number of nitrogens with one attached hydrogen (secondary N) is 1. The zero-order valence-electron chi connectivity index (χ0n) is 21.9. The lowest BCUT2D eigenvalue weighted by Gasteiger charge is -2.24. The summed E-state index contributed by atoms with van der Waals surface area (Å²) in [5, 5.41) is 17.9. The van der Waals surface area contributed by atoms with Gasteiger partial charge in [-0.05, 0) is 39.0 Å². The van der Waals surface area contributed by atoms with E-state index in [1.807, 2.05) is 0 Å². The van der Waals surface area contributed by atoms with Crippen LogP contribution in [0.2, 0.25) is 0 Å². The van der Waals surface area contributed by atoms with Gasteiger partial charge in [0, 0.05) is 12.8 Å². The highest BCUT2D eigenvalue weighted by Crippen LogP contribution is 2.37. The number of sulfonamides is 1. The predicted molar refractivity (Wildman–Crippen MR) is 140 cm³/mol. The molecule has 0 saturated carbocycles. The molecular formula is C25H27N7O6S. The lowest BCUT2D eigenvalue weighted by Crippen LogP contribution is -2.33. The first-order chi connectivity index (χ1) is 18.7. The maximum Gasteiger partial charge on any atom is 0.243 e. The molecule has 0 aliphatic carbocycles. The minimum absolute atomic E-state index is 0.0427. The number of hydrogen-bond acceptors (Lipinski definition) is 11. The summed E-state index contributed by atoms with van der Waals surface area (Å²) >= 11 is 0. The third-order valence-corrected chi connectivity index (χ3v) is 7.39. The van der Waals surface area contributed by atoms with Crippen molar-refractivity contribution in [2.24, 2.45) is 0 Å². The van der Waals surface area contributed by atoms with Gasteiger partial charge in [-0.2, -0.15) is 0 Å². The van der Waals surface area contributed by atoms with Gasteiger partial charge in [-0.25, -0.2) is 13.4 Å². The number of hydrogen-bond donors (Lipinski definition) is 2. The number of anilines is 1. The highest BCUT2D eigenvalue weighted by molar-refractivity contribution is 7.93. The Hall–Kier alpha value is -4.48. The van der Waals surface area contributed by atoms with Gasteiger partial charge in [0.15, 0.2) is 11.5 Å². The molecule has 39 heavy (non-hydrogen) atoms. The molecule has 4 rings (SSSR count). The van der Waals surface area contributed by atoms with Gasteiger partial charge in [0.25, 0.3) is 0 Å². The number of phenolic OH excluding ortho intramolecular Hbond substituents is 1. The van der Waals surface area contributed by atoms with Crippen molar-refractivity contribution in [3.05, 3.63) is 60.2 Å². The second-order valence-electron chi connectivity index (χ2n) is 8.24. The third kappa shape index (κ3) is 5.69. The van der Waals surface area contributed by atoms with E-state index in [9.17, 15) is 13.5 Å². The summed E-state index contributed by atoms with van der Waals surface area (Å²) in [4.78, 5) is 12.8. The molecule has 0 fully saturated rings. The Balaban J connectivity index is 1.83. The predicted octanol–water partition coefficient (Wildman–Crippen LogP) is 2.66. The largest absolute Gasteiger partial charge is 0.506 e. The number of aromatic hydroxyl groups is 1. The molecule has 0 spiro atoms. The molecular weight excluding hydrogens is 526 g/mol. The zero-order chi connectivity index (χ0) is 28.2. The van der Waals surface area contributed by atoms with Crippen LogP contribution in [-0.2, 0) is 14.8 Å². The normalized spacial score (nSPS) is 12.8. The van der Waals surface area contributed by atoms with Gasteiger partial charge in [-0.1, -0.05) is 12.1 Å². The minimum atomic E-state index is -4.19. The molecule has 3 heterocycles. The molecule has 2 N–H and O–H groups in total. The summed E-state index contributed by atoms with van der Waals surface area (Å²) in [6.45, 7) is 5.25. The number of para-hydroxylation sites is 1. The lowest BCUT2D eigenvalue weighted by molar-refractivity contribution is 0.0588. The van der Waals surface area contributed by atoms with Crippen molar-refractivity contribution in [2.75, 3.05) is 25.5 Å². The highest BCUT2D eigenvalue weighted by atomic mass is 32.2. The van der Waals surface area contributed by atoms with E-state index in [1.165, 1.54) is 50.2 Å². The Morgan fingerprint density at radius 3 is 2.62 bits per heavy atom. The van der Waals surface area contributed by atoms with E-state index in [4.69, 9.17) is 14.2 Å². The van der Waals surface area contributed by atoms with Crippen LogP contribution < -0.4 is 14.2 Å². The summed E-state index contributed by atoms with van der Waals surface area (Å²) < 4.78 is 47.5. The molecule has 0 bridgehead atoms. The van der Waals surface area contributed by atoms with Gasteiger partial charge < -0.3 is 19.3 Å². The summed E-state index contributed by atoms with van der Waals surface area (Å²) in [6.07, 6.45) is 2.09. The Morgan fingerprint density at radius 2 is 1.95 bits per heavy atom. The molecule has 0 aliphatic heterocycles. The van der Waals surface area contributed by atoms with Gasteiger partial charge in [0.1, 0.15) is 28.5 Å². The molecule has 204 valence electrons. The van der Waals surface area contributed by atoms with E-state index in [-0.39, 0.29) is 47.1 Å². The first-order valence-electron chi connectivity index (χ1n) is 11.8. The van der Waals surface area contributed by atoms with E-state index in [0.717, 1.165) is 0 Å². The Morgan fingerprint density at radius 1 is 1.15 bits per heavy atom. The molecule has 2 atom stereocenters. The van der Waals surface area contributed by atoms with E-state index in [2.05, 4.69) is 42.0 Å². The molecule has 13 nitrogen and oxygen atoms in total. The first kappa shape index (κ1) is 27.6. The number of ether oxygens (including phenoxy) is 3. The van der Waals surface area contributed by atoms with Crippen molar-refractivity contribution >= 4 is 16.0 Å². The Labute approximate surface area is 225 Å². The SMILES string of the molecule is CCO[C@@H](c1cnc(C)cn1)[C@@H](C)S(=O)(=O)Nc1nnc(-c2c#ccc(OC)n2)n1-c1c(O)cccc1OC. The summed E-state index contributed by atoms with van der Waals surface area (Å²) in [5.41, 5.74) is 1.25. The Bertz CT molecular complexity index is 1540. The number of rotatable bonds is 11. The van der Waals surface area contributed by atoms with Gasteiger partial charge in [0.05, 0.1) is 37.9 Å². The zero-order valence-corrected chi connectivity index (χ0v) is 22.7. The van der Waals surface area contributed by atoms with Crippen LogP contribution in [0.5, 0.6) is 17.4 Å². The molecule has 0 unspecified atom stereocenters. The van der Waals surface area contributed by atoms with Gasteiger partial charge >= 0.3 is 0 Å². The molecule has 0 aliphatic rings.